The van der Waals surface area contributed by atoms with E-state index in [-0.39, 0.29) is 52.0 Å². The number of aryl methyl sites for hydroxylation is 1. The van der Waals surface area contributed by atoms with E-state index < -0.39 is 35.8 Å². The van der Waals surface area contributed by atoms with E-state index in [4.69, 9.17) is 11.5 Å². The van der Waals surface area contributed by atoms with Crippen molar-refractivity contribution in [3.63, 3.8) is 0 Å². The van der Waals surface area contributed by atoms with Crippen LogP contribution in [0.15, 0.2) is 53.6 Å². The number of benzene rings is 1. The predicted octanol–water partition coefficient (Wildman–Crippen LogP) is 2.67. The van der Waals surface area contributed by atoms with Crippen molar-refractivity contribution in [3.8, 4) is 16.9 Å². The summed E-state index contributed by atoms with van der Waals surface area (Å²) in [6.45, 7) is -0.0290. The molecule has 0 fully saturated rings. The number of hydrogen-bond donors (Lipinski definition) is 3. The molecule has 0 aliphatic carbocycles. The number of hydrogen-bond acceptors (Lipinski definition) is 7. The van der Waals surface area contributed by atoms with Gasteiger partial charge in [0.2, 0.25) is 0 Å². The summed E-state index contributed by atoms with van der Waals surface area (Å²) in [5, 5.41) is 6.97. The van der Waals surface area contributed by atoms with Gasteiger partial charge in [-0.05, 0) is 36.2 Å². The number of nitrogen functional groups attached to an aromatic ring is 1. The molecule has 0 bridgehead atoms. The van der Waals surface area contributed by atoms with E-state index in [0.29, 0.717) is 16.9 Å². The molecule has 3 aromatic heterocycles. The molecule has 0 radical (unpaired) electrons. The second-order valence-electron chi connectivity index (χ2n) is 8.65. The Bertz CT molecular complexity index is 1550. The van der Waals surface area contributed by atoms with Crippen molar-refractivity contribution in [3.05, 3.63) is 80.4 Å². The van der Waals surface area contributed by atoms with Crippen LogP contribution in [0.25, 0.3) is 16.9 Å². The van der Waals surface area contributed by atoms with Crippen molar-refractivity contribution in [1.29, 1.82) is 0 Å². The average Bonchev–Trinajstić information content (AvgIpc) is 3.45. The number of fused-ring (bicyclic) bond motifs is 3. The van der Waals surface area contributed by atoms with Gasteiger partial charge in [0.25, 0.3) is 11.8 Å². The SMILES string of the molecule is NCC(Cc1cccc(F)c1)NC(=O)c1cc2c(s1)C(F)(F)CCn1ncc(-n3ccc(N)nc3=O)c1-2. The smallest absolute Gasteiger partial charge is 0.354 e. The van der Waals surface area contributed by atoms with Crippen LogP contribution in [0.3, 0.4) is 0 Å². The van der Waals surface area contributed by atoms with Gasteiger partial charge in [-0.25, -0.2) is 18.0 Å². The number of nitrogens with zero attached hydrogens (tertiary/aromatic N) is 4. The molecule has 0 saturated carbocycles. The average molecular weight is 530 g/mol. The van der Waals surface area contributed by atoms with Gasteiger partial charge in [-0.3, -0.25) is 14.0 Å². The van der Waals surface area contributed by atoms with Crippen LogP contribution in [0, 0.1) is 5.82 Å². The van der Waals surface area contributed by atoms with Crippen molar-refractivity contribution in [2.24, 2.45) is 5.73 Å². The fourth-order valence-corrected chi connectivity index (χ4v) is 5.37. The van der Waals surface area contributed by atoms with Gasteiger partial charge in [0, 0.05) is 37.3 Å². The standard InChI is InChI=1S/C24H22F3N7O2S/c25-14-3-1-2-13(8-14)9-15(11-28)31-22(35)18-10-16-20-17(33-6-4-19(29)32-23(33)36)12-30-34(20)7-5-24(26,27)21(16)37-18/h1-4,6,8,10,12,15H,5,7,9,11,28H2,(H,31,35)(H2,29,32,36). The highest BCUT2D eigenvalue weighted by molar-refractivity contribution is 7.14. The summed E-state index contributed by atoms with van der Waals surface area (Å²) < 4.78 is 46.5. The number of nitrogens with one attached hydrogen (secondary N) is 1. The zero-order valence-corrected chi connectivity index (χ0v) is 20.1. The second-order valence-corrected chi connectivity index (χ2v) is 9.71. The molecular formula is C24H22F3N7O2S. The van der Waals surface area contributed by atoms with Crippen LogP contribution < -0.4 is 22.5 Å². The van der Waals surface area contributed by atoms with Crippen LogP contribution in [0.2, 0.25) is 0 Å². The Hall–Kier alpha value is -3.97. The van der Waals surface area contributed by atoms with E-state index in [1.807, 2.05) is 0 Å². The molecule has 4 heterocycles. The minimum Gasteiger partial charge on any atom is -0.383 e. The Labute approximate surface area is 212 Å². The van der Waals surface area contributed by atoms with Crippen molar-refractivity contribution < 1.29 is 18.0 Å². The monoisotopic (exact) mass is 529 g/mol. The molecule has 5 N–H and O–H groups in total. The first-order valence-corrected chi connectivity index (χ1v) is 12.2. The first kappa shape index (κ1) is 24.7. The quantitative estimate of drug-likeness (QED) is 0.352. The van der Waals surface area contributed by atoms with Gasteiger partial charge < -0.3 is 16.8 Å². The first-order valence-electron chi connectivity index (χ1n) is 11.4. The Morgan fingerprint density at radius 1 is 1.27 bits per heavy atom. The molecule has 1 aliphatic heterocycles. The summed E-state index contributed by atoms with van der Waals surface area (Å²) in [4.78, 5) is 29.0. The predicted molar refractivity (Wildman–Crippen MR) is 132 cm³/mol. The lowest BCUT2D eigenvalue weighted by Gasteiger charge is -2.16. The number of nitrogens with two attached hydrogens (primary N) is 2. The Balaban J connectivity index is 1.51. The first-order chi connectivity index (χ1) is 17.7. The highest BCUT2D eigenvalue weighted by atomic mass is 32.1. The highest BCUT2D eigenvalue weighted by Crippen LogP contribution is 2.47. The van der Waals surface area contributed by atoms with Crippen LogP contribution in [-0.2, 0) is 18.9 Å². The van der Waals surface area contributed by atoms with Gasteiger partial charge in [-0.1, -0.05) is 12.1 Å². The fraction of sp³-hybridized carbons (Fsp3) is 0.250. The number of carbonyl (C=O) groups is 1. The summed E-state index contributed by atoms with van der Waals surface area (Å²) in [5.41, 5.74) is 12.0. The summed E-state index contributed by atoms with van der Waals surface area (Å²) >= 11 is 0.675. The molecule has 13 heteroatoms. The van der Waals surface area contributed by atoms with Gasteiger partial charge in [-0.2, -0.15) is 10.1 Å². The molecule has 37 heavy (non-hydrogen) atoms. The van der Waals surface area contributed by atoms with Crippen LogP contribution in [-0.4, -0.2) is 37.8 Å². The number of halogens is 3. The fourth-order valence-electron chi connectivity index (χ4n) is 4.31. The Morgan fingerprint density at radius 2 is 2.08 bits per heavy atom. The highest BCUT2D eigenvalue weighted by Gasteiger charge is 2.41. The lowest BCUT2D eigenvalue weighted by Crippen LogP contribution is -2.41. The lowest BCUT2D eigenvalue weighted by atomic mass is 10.1. The lowest BCUT2D eigenvalue weighted by molar-refractivity contribution is -0.0122. The third-order valence-corrected chi connectivity index (χ3v) is 7.32. The molecule has 0 spiro atoms. The summed E-state index contributed by atoms with van der Waals surface area (Å²) in [6, 6.07) is 8.17. The third-order valence-electron chi connectivity index (χ3n) is 6.08. The number of alkyl halides is 2. The van der Waals surface area contributed by atoms with E-state index >= 15 is 8.78 Å². The third kappa shape index (κ3) is 4.74. The van der Waals surface area contributed by atoms with Gasteiger partial charge in [0.15, 0.2) is 0 Å². The molecule has 5 rings (SSSR count). The van der Waals surface area contributed by atoms with E-state index in [1.54, 1.807) is 12.1 Å². The summed E-state index contributed by atoms with van der Waals surface area (Å²) in [5.74, 6) is -4.20. The zero-order valence-electron chi connectivity index (χ0n) is 19.3. The normalized spacial score (nSPS) is 14.9. The number of anilines is 1. The largest absolute Gasteiger partial charge is 0.383 e. The van der Waals surface area contributed by atoms with E-state index in [1.165, 1.54) is 45.9 Å². The number of thiophene rings is 1. The molecule has 1 unspecified atom stereocenters. The van der Waals surface area contributed by atoms with Crippen molar-refractivity contribution >= 4 is 23.1 Å². The number of amides is 1. The summed E-state index contributed by atoms with van der Waals surface area (Å²) in [7, 11) is 0. The van der Waals surface area contributed by atoms with Crippen LogP contribution >= 0.6 is 11.3 Å². The Kier molecular flexibility index (Phi) is 6.33. The maximum absolute atomic E-state index is 15.2. The van der Waals surface area contributed by atoms with E-state index in [2.05, 4.69) is 15.4 Å². The Morgan fingerprint density at radius 3 is 2.81 bits per heavy atom. The topological polar surface area (TPSA) is 134 Å². The maximum Gasteiger partial charge on any atom is 0.354 e. The molecule has 1 amide bonds. The maximum atomic E-state index is 15.2. The van der Waals surface area contributed by atoms with Gasteiger partial charge in [0.05, 0.1) is 27.3 Å². The van der Waals surface area contributed by atoms with Crippen molar-refractivity contribution in [2.45, 2.75) is 31.4 Å². The molecule has 192 valence electrons. The van der Waals surface area contributed by atoms with Crippen molar-refractivity contribution in [1.82, 2.24) is 24.6 Å². The molecule has 0 saturated heterocycles. The van der Waals surface area contributed by atoms with Gasteiger partial charge in [-0.15, -0.1) is 11.3 Å². The zero-order chi connectivity index (χ0) is 26.3. The molecule has 9 nitrogen and oxygen atoms in total. The molecule has 1 aromatic carbocycles. The molecular weight excluding hydrogens is 507 g/mol. The van der Waals surface area contributed by atoms with Crippen LogP contribution in [0.1, 0.15) is 26.5 Å². The number of aromatic nitrogens is 4. The number of rotatable bonds is 6. The summed E-state index contributed by atoms with van der Waals surface area (Å²) in [6.07, 6.45) is 2.52. The van der Waals surface area contributed by atoms with E-state index in [9.17, 15) is 14.0 Å². The minimum atomic E-state index is -3.23. The molecule has 1 aliphatic rings. The molecule has 1 atom stereocenters. The second kappa shape index (κ2) is 9.48. The van der Waals surface area contributed by atoms with Crippen molar-refractivity contribution in [2.75, 3.05) is 12.3 Å². The minimum absolute atomic E-state index is 0.0221. The molecule has 4 aromatic rings. The van der Waals surface area contributed by atoms with Gasteiger partial charge in [0.1, 0.15) is 11.6 Å². The van der Waals surface area contributed by atoms with Crippen LogP contribution in [0.4, 0.5) is 19.0 Å². The van der Waals surface area contributed by atoms with E-state index in [0.717, 1.165) is 0 Å². The van der Waals surface area contributed by atoms with Gasteiger partial charge >= 0.3 is 5.69 Å². The van der Waals surface area contributed by atoms with Crippen LogP contribution in [0.5, 0.6) is 0 Å². The number of carbonyl (C=O) groups excluding carboxylic acids is 1.